The topological polar surface area (TPSA) is 55.2 Å². The van der Waals surface area contributed by atoms with Crippen LogP contribution in [0.3, 0.4) is 0 Å². The van der Waals surface area contributed by atoms with Crippen molar-refractivity contribution < 1.29 is 4.92 Å². The van der Waals surface area contributed by atoms with Crippen LogP contribution in [-0.4, -0.2) is 18.0 Å². The Morgan fingerprint density at radius 2 is 2.18 bits per heavy atom. The predicted molar refractivity (Wildman–Crippen MR) is 69.5 cm³/mol. The average molecular weight is 257 g/mol. The third kappa shape index (κ3) is 4.32. The lowest BCUT2D eigenvalue weighted by Gasteiger charge is -2.08. The Bertz CT molecular complexity index is 394. The van der Waals surface area contributed by atoms with Crippen molar-refractivity contribution in [1.82, 2.24) is 5.32 Å². The van der Waals surface area contributed by atoms with Crippen LogP contribution in [-0.2, 0) is 6.42 Å². The zero-order valence-electron chi connectivity index (χ0n) is 10.1. The van der Waals surface area contributed by atoms with Crippen molar-refractivity contribution in [2.75, 3.05) is 13.1 Å². The maximum atomic E-state index is 10.8. The second-order valence-corrected chi connectivity index (χ2v) is 4.75. The third-order valence-corrected chi connectivity index (χ3v) is 2.75. The predicted octanol–water partition coefficient (Wildman–Crippen LogP) is 3.04. The normalized spacial score (nSPS) is 10.8. The first-order valence-electron chi connectivity index (χ1n) is 5.65. The molecule has 0 fully saturated rings. The first-order valence-corrected chi connectivity index (χ1v) is 6.02. The third-order valence-electron chi connectivity index (χ3n) is 2.40. The van der Waals surface area contributed by atoms with Crippen molar-refractivity contribution in [3.8, 4) is 0 Å². The largest absolute Gasteiger partial charge is 0.316 e. The Kier molecular flexibility index (Phi) is 5.38. The van der Waals surface area contributed by atoms with Gasteiger partial charge in [-0.15, -0.1) is 0 Å². The first-order chi connectivity index (χ1) is 8.02. The van der Waals surface area contributed by atoms with E-state index >= 15 is 0 Å². The van der Waals surface area contributed by atoms with Gasteiger partial charge in [0.05, 0.1) is 9.95 Å². The lowest BCUT2D eigenvalue weighted by molar-refractivity contribution is -0.385. The molecule has 0 spiro atoms. The molecule has 17 heavy (non-hydrogen) atoms. The SMILES string of the molecule is CC(C)CNCCc1c(Cl)cccc1[N+](=O)[O-]. The minimum absolute atomic E-state index is 0.101. The van der Waals surface area contributed by atoms with Crippen LogP contribution in [0.5, 0.6) is 0 Å². The maximum Gasteiger partial charge on any atom is 0.274 e. The van der Waals surface area contributed by atoms with Gasteiger partial charge in [0.2, 0.25) is 0 Å². The van der Waals surface area contributed by atoms with Crippen molar-refractivity contribution >= 4 is 17.3 Å². The van der Waals surface area contributed by atoms with Crippen molar-refractivity contribution in [1.29, 1.82) is 0 Å². The van der Waals surface area contributed by atoms with Gasteiger partial charge >= 0.3 is 0 Å². The lowest BCUT2D eigenvalue weighted by atomic mass is 10.1. The number of nitrogens with zero attached hydrogens (tertiary/aromatic N) is 1. The number of benzene rings is 1. The second-order valence-electron chi connectivity index (χ2n) is 4.34. The smallest absolute Gasteiger partial charge is 0.274 e. The summed E-state index contributed by atoms with van der Waals surface area (Å²) >= 11 is 5.98. The Balaban J connectivity index is 2.66. The molecule has 4 nitrogen and oxygen atoms in total. The fourth-order valence-electron chi connectivity index (χ4n) is 1.57. The molecule has 5 heteroatoms. The zero-order chi connectivity index (χ0) is 12.8. The number of hydrogen-bond donors (Lipinski definition) is 1. The summed E-state index contributed by atoms with van der Waals surface area (Å²) in [6.07, 6.45) is 0.572. The van der Waals surface area contributed by atoms with Crippen LogP contribution in [0.4, 0.5) is 5.69 Å². The summed E-state index contributed by atoms with van der Waals surface area (Å²) in [5.41, 5.74) is 0.708. The lowest BCUT2D eigenvalue weighted by Crippen LogP contribution is -2.22. The van der Waals surface area contributed by atoms with Crippen LogP contribution >= 0.6 is 11.6 Å². The fraction of sp³-hybridized carbons (Fsp3) is 0.500. The molecule has 0 aliphatic carbocycles. The summed E-state index contributed by atoms with van der Waals surface area (Å²) in [5, 5.41) is 14.6. The van der Waals surface area contributed by atoms with Gasteiger partial charge in [-0.3, -0.25) is 10.1 Å². The molecule has 94 valence electrons. The second kappa shape index (κ2) is 6.57. The Labute approximate surface area is 106 Å². The highest BCUT2D eigenvalue weighted by Gasteiger charge is 2.15. The van der Waals surface area contributed by atoms with E-state index in [2.05, 4.69) is 19.2 Å². The van der Waals surface area contributed by atoms with Gasteiger partial charge < -0.3 is 5.32 Å². The van der Waals surface area contributed by atoms with E-state index < -0.39 is 0 Å². The average Bonchev–Trinajstić information content (AvgIpc) is 2.25. The van der Waals surface area contributed by atoms with E-state index in [-0.39, 0.29) is 10.6 Å². The van der Waals surface area contributed by atoms with E-state index in [9.17, 15) is 10.1 Å². The molecule has 1 aromatic carbocycles. The summed E-state index contributed by atoms with van der Waals surface area (Å²) < 4.78 is 0. The zero-order valence-corrected chi connectivity index (χ0v) is 10.8. The van der Waals surface area contributed by atoms with Crippen molar-refractivity contribution in [2.24, 2.45) is 5.92 Å². The molecule has 0 saturated heterocycles. The Hall–Kier alpha value is -1.13. The molecule has 1 aromatic rings. The van der Waals surface area contributed by atoms with Gasteiger partial charge in [-0.05, 0) is 31.5 Å². The highest BCUT2D eigenvalue weighted by Crippen LogP contribution is 2.26. The quantitative estimate of drug-likeness (QED) is 0.484. The van der Waals surface area contributed by atoms with E-state index in [1.54, 1.807) is 12.1 Å². The molecule has 0 bridgehead atoms. The van der Waals surface area contributed by atoms with Gasteiger partial charge in [0.15, 0.2) is 0 Å². The molecular formula is C12H17ClN2O2. The van der Waals surface area contributed by atoms with Crippen LogP contribution in [0.15, 0.2) is 18.2 Å². The molecule has 0 amide bonds. The van der Waals surface area contributed by atoms with Crippen LogP contribution in [0.1, 0.15) is 19.4 Å². The van der Waals surface area contributed by atoms with Gasteiger partial charge in [0.1, 0.15) is 0 Å². The molecular weight excluding hydrogens is 240 g/mol. The van der Waals surface area contributed by atoms with Crippen molar-refractivity contribution in [3.63, 3.8) is 0 Å². The minimum atomic E-state index is -0.385. The van der Waals surface area contributed by atoms with Crippen LogP contribution in [0.25, 0.3) is 0 Å². The number of nitro benzene ring substituents is 1. The summed E-state index contributed by atoms with van der Waals surface area (Å²) in [6.45, 7) is 5.83. The molecule has 0 radical (unpaired) electrons. The summed E-state index contributed by atoms with van der Waals surface area (Å²) in [4.78, 5) is 10.5. The minimum Gasteiger partial charge on any atom is -0.316 e. The van der Waals surface area contributed by atoms with Gasteiger partial charge in [0, 0.05) is 11.6 Å². The number of nitro groups is 1. The fourth-order valence-corrected chi connectivity index (χ4v) is 1.83. The number of hydrogen-bond acceptors (Lipinski definition) is 3. The van der Waals surface area contributed by atoms with Crippen LogP contribution < -0.4 is 5.32 Å². The van der Waals surface area contributed by atoms with Crippen LogP contribution in [0, 0.1) is 16.0 Å². The summed E-state index contributed by atoms with van der Waals surface area (Å²) in [6, 6.07) is 4.78. The van der Waals surface area contributed by atoms with E-state index in [0.717, 1.165) is 6.54 Å². The number of nitrogens with one attached hydrogen (secondary N) is 1. The molecule has 0 atom stereocenters. The van der Waals surface area contributed by atoms with Gasteiger partial charge in [0.25, 0.3) is 5.69 Å². The molecule has 0 unspecified atom stereocenters. The van der Waals surface area contributed by atoms with Crippen molar-refractivity contribution in [3.05, 3.63) is 38.9 Å². The van der Waals surface area contributed by atoms with E-state index in [1.165, 1.54) is 6.07 Å². The number of rotatable bonds is 6. The molecule has 0 saturated carbocycles. The summed E-state index contributed by atoms with van der Waals surface area (Å²) in [7, 11) is 0. The summed E-state index contributed by atoms with van der Waals surface area (Å²) in [5.74, 6) is 0.566. The molecule has 1 N–H and O–H groups in total. The Morgan fingerprint density at radius 3 is 2.76 bits per heavy atom. The van der Waals surface area contributed by atoms with Gasteiger partial charge in [-0.1, -0.05) is 31.5 Å². The van der Waals surface area contributed by atoms with E-state index in [4.69, 9.17) is 11.6 Å². The van der Waals surface area contributed by atoms with Gasteiger partial charge in [-0.2, -0.15) is 0 Å². The molecule has 0 aliphatic rings. The van der Waals surface area contributed by atoms with E-state index in [0.29, 0.717) is 29.5 Å². The molecule has 0 heterocycles. The maximum absolute atomic E-state index is 10.8. The van der Waals surface area contributed by atoms with Crippen molar-refractivity contribution in [2.45, 2.75) is 20.3 Å². The highest BCUT2D eigenvalue weighted by atomic mass is 35.5. The van der Waals surface area contributed by atoms with E-state index in [1.807, 2.05) is 0 Å². The van der Waals surface area contributed by atoms with Gasteiger partial charge in [-0.25, -0.2) is 0 Å². The Morgan fingerprint density at radius 1 is 1.47 bits per heavy atom. The molecule has 0 aromatic heterocycles. The first kappa shape index (κ1) is 13.9. The van der Waals surface area contributed by atoms with Crippen LogP contribution in [0.2, 0.25) is 5.02 Å². The number of halogens is 1. The molecule has 0 aliphatic heterocycles. The monoisotopic (exact) mass is 256 g/mol. The molecule has 1 rings (SSSR count). The highest BCUT2D eigenvalue weighted by molar-refractivity contribution is 6.31. The standard InChI is InChI=1S/C12H17ClN2O2/c1-9(2)8-14-7-6-10-11(13)4-3-5-12(10)15(16)17/h3-5,9,14H,6-8H2,1-2H3.